The van der Waals surface area contributed by atoms with Gasteiger partial charge in [0.15, 0.2) is 0 Å². The summed E-state index contributed by atoms with van der Waals surface area (Å²) in [6, 6.07) is 4.95. The molecule has 0 heterocycles. The van der Waals surface area contributed by atoms with E-state index in [0.717, 1.165) is 5.92 Å². The van der Waals surface area contributed by atoms with Crippen LogP contribution in [0.1, 0.15) is 96.3 Å². The van der Waals surface area contributed by atoms with Gasteiger partial charge in [-0.15, -0.1) is 0 Å². The van der Waals surface area contributed by atoms with E-state index < -0.39 is 0 Å². The number of nitrogens with zero attached hydrogens (tertiary/aromatic N) is 1. The first kappa shape index (κ1) is 18.4. The van der Waals surface area contributed by atoms with E-state index in [2.05, 4.69) is 72.4 Å². The monoisotopic (exact) mass is 315 g/mol. The molecule has 1 aliphatic carbocycles. The Morgan fingerprint density at radius 2 is 1.22 bits per heavy atom. The molecule has 0 amide bonds. The van der Waals surface area contributed by atoms with Gasteiger partial charge in [-0.25, -0.2) is 0 Å². The van der Waals surface area contributed by atoms with Gasteiger partial charge in [-0.3, -0.25) is 0 Å². The summed E-state index contributed by atoms with van der Waals surface area (Å²) in [6.45, 7) is 18.6. The third-order valence-corrected chi connectivity index (χ3v) is 5.16. The normalized spacial score (nSPS) is 17.4. The van der Waals surface area contributed by atoms with Crippen LogP contribution in [0.4, 0.5) is 5.69 Å². The standard InChI is InChI=1S/C22H37N/c1-16-14-19(18-12-10-9-11-13-18)15-17(2)20(16)23(21(3,4)5)22(6,7)8/h14-15,18H,9-13H2,1-8H3. The predicted molar refractivity (Wildman–Crippen MR) is 104 cm³/mol. The van der Waals surface area contributed by atoms with Gasteiger partial charge in [0.2, 0.25) is 0 Å². The van der Waals surface area contributed by atoms with Crippen molar-refractivity contribution in [2.45, 2.75) is 104 Å². The van der Waals surface area contributed by atoms with E-state index in [1.54, 1.807) is 5.56 Å². The fourth-order valence-corrected chi connectivity index (χ4v) is 4.69. The third kappa shape index (κ3) is 4.11. The van der Waals surface area contributed by atoms with Crippen molar-refractivity contribution in [3.8, 4) is 0 Å². The lowest BCUT2D eigenvalue weighted by Crippen LogP contribution is -2.53. The van der Waals surface area contributed by atoms with Crippen molar-refractivity contribution in [1.82, 2.24) is 0 Å². The zero-order valence-corrected chi connectivity index (χ0v) is 16.7. The minimum Gasteiger partial charge on any atom is -0.361 e. The molecule has 0 aliphatic heterocycles. The smallest absolute Gasteiger partial charge is 0.0434 e. The molecule has 1 aliphatic rings. The molecule has 0 aromatic heterocycles. The number of hydrogen-bond donors (Lipinski definition) is 0. The Balaban J connectivity index is 2.47. The van der Waals surface area contributed by atoms with Crippen LogP contribution in [0.2, 0.25) is 0 Å². The average Bonchev–Trinajstić information content (AvgIpc) is 2.40. The molecule has 1 fully saturated rings. The molecule has 1 saturated carbocycles. The van der Waals surface area contributed by atoms with Crippen molar-refractivity contribution < 1.29 is 0 Å². The van der Waals surface area contributed by atoms with Gasteiger partial charge in [-0.1, -0.05) is 31.4 Å². The second-order valence-electron chi connectivity index (χ2n) is 9.52. The van der Waals surface area contributed by atoms with E-state index >= 15 is 0 Å². The fourth-order valence-electron chi connectivity index (χ4n) is 4.69. The van der Waals surface area contributed by atoms with Crippen molar-refractivity contribution in [3.05, 3.63) is 28.8 Å². The van der Waals surface area contributed by atoms with Crippen LogP contribution in [0, 0.1) is 13.8 Å². The number of aryl methyl sites for hydroxylation is 2. The van der Waals surface area contributed by atoms with Crippen molar-refractivity contribution in [2.24, 2.45) is 0 Å². The first-order chi connectivity index (χ1) is 10.5. The van der Waals surface area contributed by atoms with Crippen LogP contribution in [0.3, 0.4) is 0 Å². The predicted octanol–water partition coefficient (Wildman–Crippen LogP) is 6.75. The van der Waals surface area contributed by atoms with Crippen LogP contribution in [0.15, 0.2) is 12.1 Å². The summed E-state index contributed by atoms with van der Waals surface area (Å²) in [7, 11) is 0. The minimum absolute atomic E-state index is 0.111. The zero-order chi connectivity index (χ0) is 17.4. The van der Waals surface area contributed by atoms with Crippen LogP contribution in [0.5, 0.6) is 0 Å². The molecule has 130 valence electrons. The van der Waals surface area contributed by atoms with Crippen LogP contribution < -0.4 is 4.90 Å². The van der Waals surface area contributed by atoms with E-state index in [1.165, 1.54) is 48.9 Å². The quantitative estimate of drug-likeness (QED) is 0.583. The number of hydrogen-bond acceptors (Lipinski definition) is 1. The first-order valence-corrected chi connectivity index (χ1v) is 9.43. The van der Waals surface area contributed by atoms with Crippen molar-refractivity contribution in [3.63, 3.8) is 0 Å². The van der Waals surface area contributed by atoms with E-state index in [-0.39, 0.29) is 11.1 Å². The summed E-state index contributed by atoms with van der Waals surface area (Å²) in [5.74, 6) is 0.785. The minimum atomic E-state index is 0.111. The largest absolute Gasteiger partial charge is 0.361 e. The van der Waals surface area contributed by atoms with Gasteiger partial charge in [0.05, 0.1) is 0 Å². The Labute approximate surface area is 144 Å². The third-order valence-electron chi connectivity index (χ3n) is 5.16. The fraction of sp³-hybridized carbons (Fsp3) is 0.727. The van der Waals surface area contributed by atoms with Gasteiger partial charge in [0.25, 0.3) is 0 Å². The van der Waals surface area contributed by atoms with Gasteiger partial charge in [0, 0.05) is 16.8 Å². The molecule has 23 heavy (non-hydrogen) atoms. The van der Waals surface area contributed by atoms with E-state index in [0.29, 0.717) is 0 Å². The second-order valence-corrected chi connectivity index (χ2v) is 9.52. The van der Waals surface area contributed by atoms with Crippen LogP contribution in [-0.2, 0) is 0 Å². The highest BCUT2D eigenvalue weighted by Gasteiger charge is 2.33. The Kier molecular flexibility index (Phi) is 5.18. The molecule has 1 aromatic rings. The van der Waals surface area contributed by atoms with Crippen molar-refractivity contribution in [1.29, 1.82) is 0 Å². The molecule has 2 rings (SSSR count). The number of rotatable bonds is 2. The summed E-state index contributed by atoms with van der Waals surface area (Å²) < 4.78 is 0. The topological polar surface area (TPSA) is 3.24 Å². The summed E-state index contributed by atoms with van der Waals surface area (Å²) in [5, 5.41) is 0. The van der Waals surface area contributed by atoms with Gasteiger partial charge < -0.3 is 4.90 Å². The SMILES string of the molecule is Cc1cc(C2CCCCC2)cc(C)c1N(C(C)(C)C)C(C)(C)C. The molecule has 0 spiro atoms. The molecule has 1 aromatic carbocycles. The summed E-state index contributed by atoms with van der Waals surface area (Å²) >= 11 is 0. The van der Waals surface area contributed by atoms with E-state index in [9.17, 15) is 0 Å². The second kappa shape index (κ2) is 6.49. The molecule has 1 heteroatoms. The van der Waals surface area contributed by atoms with E-state index in [1.807, 2.05) is 0 Å². The molecule has 0 radical (unpaired) electrons. The maximum Gasteiger partial charge on any atom is 0.0434 e. The lowest BCUT2D eigenvalue weighted by molar-refractivity contribution is 0.379. The Morgan fingerprint density at radius 3 is 1.61 bits per heavy atom. The highest BCUT2D eigenvalue weighted by atomic mass is 15.2. The molecule has 0 saturated heterocycles. The summed E-state index contributed by atoms with van der Waals surface area (Å²) in [5.41, 5.74) is 6.11. The van der Waals surface area contributed by atoms with Gasteiger partial charge >= 0.3 is 0 Å². The zero-order valence-electron chi connectivity index (χ0n) is 16.7. The lowest BCUT2D eigenvalue weighted by Gasteiger charge is -2.49. The molecule has 0 atom stereocenters. The first-order valence-electron chi connectivity index (χ1n) is 9.43. The van der Waals surface area contributed by atoms with E-state index in [4.69, 9.17) is 0 Å². The maximum atomic E-state index is 2.61. The van der Waals surface area contributed by atoms with Crippen LogP contribution in [0.25, 0.3) is 0 Å². The van der Waals surface area contributed by atoms with Gasteiger partial charge in [-0.2, -0.15) is 0 Å². The molecule has 0 N–H and O–H groups in total. The number of benzene rings is 1. The summed E-state index contributed by atoms with van der Waals surface area (Å²) in [6.07, 6.45) is 6.98. The molecule has 1 nitrogen and oxygen atoms in total. The van der Waals surface area contributed by atoms with Gasteiger partial charge in [-0.05, 0) is 90.8 Å². The molecule has 0 bridgehead atoms. The van der Waals surface area contributed by atoms with Crippen molar-refractivity contribution in [2.75, 3.05) is 4.90 Å². The average molecular weight is 316 g/mol. The molecular formula is C22H37N. The Bertz CT molecular complexity index is 499. The Morgan fingerprint density at radius 1 is 0.783 bits per heavy atom. The Hall–Kier alpha value is -0.980. The molecule has 0 unspecified atom stereocenters. The highest BCUT2D eigenvalue weighted by molar-refractivity contribution is 5.63. The van der Waals surface area contributed by atoms with Gasteiger partial charge in [0.1, 0.15) is 0 Å². The lowest BCUT2D eigenvalue weighted by atomic mass is 9.82. The maximum absolute atomic E-state index is 2.61. The number of anilines is 1. The van der Waals surface area contributed by atoms with Crippen molar-refractivity contribution >= 4 is 5.69 Å². The highest BCUT2D eigenvalue weighted by Crippen LogP contribution is 2.40. The molecular weight excluding hydrogens is 278 g/mol. The summed E-state index contributed by atoms with van der Waals surface area (Å²) in [4.78, 5) is 2.61. The van der Waals surface area contributed by atoms with Crippen LogP contribution >= 0.6 is 0 Å². The van der Waals surface area contributed by atoms with Crippen LogP contribution in [-0.4, -0.2) is 11.1 Å².